The molecule has 0 unspecified atom stereocenters. The molecule has 2 N–H and O–H groups in total. The summed E-state index contributed by atoms with van der Waals surface area (Å²) in [6.07, 6.45) is 3.53. The summed E-state index contributed by atoms with van der Waals surface area (Å²) in [4.78, 5) is 13.1. The summed E-state index contributed by atoms with van der Waals surface area (Å²) in [5, 5.41) is 8.47. The van der Waals surface area contributed by atoms with E-state index >= 15 is 0 Å². The summed E-state index contributed by atoms with van der Waals surface area (Å²) in [6, 6.07) is 0. The first-order chi connectivity index (χ1) is 10.6. The molecule has 0 aromatic carbocycles. The maximum Gasteiger partial charge on any atom is 0.309 e. The topological polar surface area (TPSA) is 60.6 Å². The van der Waals surface area contributed by atoms with Crippen molar-refractivity contribution in [1.29, 1.82) is 0 Å². The van der Waals surface area contributed by atoms with Crippen LogP contribution in [0.25, 0.3) is 0 Å². The number of nitrogens with one attached hydrogen (secondary N) is 2. The first-order valence-corrected chi connectivity index (χ1v) is 8.79. The van der Waals surface area contributed by atoms with E-state index in [0.717, 1.165) is 41.7 Å². The van der Waals surface area contributed by atoms with E-state index < -0.39 is 0 Å². The number of anilines is 1. The number of hydrogen-bond donors (Lipinski definition) is 2. The second-order valence-electron chi connectivity index (χ2n) is 5.28. The summed E-state index contributed by atoms with van der Waals surface area (Å²) in [5.41, 5.74) is 0. The van der Waals surface area contributed by atoms with Gasteiger partial charge in [-0.1, -0.05) is 17.4 Å². The zero-order valence-electron chi connectivity index (χ0n) is 12.8. The number of hydrogen-bond acceptors (Lipinski definition) is 6. The molecule has 0 atom stereocenters. The lowest BCUT2D eigenvalue weighted by atomic mass is 9.97. The fourth-order valence-corrected chi connectivity index (χ4v) is 3.54. The lowest BCUT2D eigenvalue weighted by molar-refractivity contribution is -0.928. The fourth-order valence-electron chi connectivity index (χ4n) is 2.53. The van der Waals surface area contributed by atoms with E-state index in [1.807, 2.05) is 11.6 Å². The SMILES string of the molecule is C=CCNc1nn(C[NH+]2CCC(C(=O)OCC)CC2)c(=S)s1. The molecule has 0 bridgehead atoms. The van der Waals surface area contributed by atoms with E-state index in [1.54, 1.807) is 6.08 Å². The molecule has 1 aromatic heterocycles. The largest absolute Gasteiger partial charge is 0.466 e. The monoisotopic (exact) mass is 343 g/mol. The molecule has 1 saturated heterocycles. The molecule has 1 aliphatic rings. The third-order valence-electron chi connectivity index (χ3n) is 3.69. The van der Waals surface area contributed by atoms with E-state index in [2.05, 4.69) is 17.0 Å². The Morgan fingerprint density at radius 2 is 2.36 bits per heavy atom. The van der Waals surface area contributed by atoms with E-state index in [1.165, 1.54) is 16.2 Å². The van der Waals surface area contributed by atoms with Gasteiger partial charge in [-0.2, -0.15) is 4.68 Å². The Hall–Kier alpha value is -1.25. The van der Waals surface area contributed by atoms with Gasteiger partial charge in [0.05, 0.1) is 25.6 Å². The zero-order chi connectivity index (χ0) is 15.9. The fraction of sp³-hybridized carbons (Fsp3) is 0.643. The van der Waals surface area contributed by atoms with Crippen LogP contribution >= 0.6 is 23.6 Å². The molecular formula is C14H23N4O2S2+. The Bertz CT molecular complexity index is 561. The highest BCUT2D eigenvalue weighted by atomic mass is 32.1. The highest BCUT2D eigenvalue weighted by Crippen LogP contribution is 2.14. The van der Waals surface area contributed by atoms with E-state index in [-0.39, 0.29) is 11.9 Å². The minimum Gasteiger partial charge on any atom is -0.466 e. The smallest absolute Gasteiger partial charge is 0.309 e. The molecule has 0 spiro atoms. The third kappa shape index (κ3) is 4.62. The van der Waals surface area contributed by atoms with Crippen molar-refractivity contribution in [3.05, 3.63) is 16.6 Å². The molecule has 1 aromatic rings. The summed E-state index contributed by atoms with van der Waals surface area (Å²) in [7, 11) is 0. The van der Waals surface area contributed by atoms with E-state index in [4.69, 9.17) is 17.0 Å². The number of ether oxygens (including phenoxy) is 1. The quantitative estimate of drug-likeness (QED) is 0.441. The Morgan fingerprint density at radius 3 is 3.00 bits per heavy atom. The second-order valence-corrected chi connectivity index (χ2v) is 6.90. The molecule has 0 amide bonds. The lowest BCUT2D eigenvalue weighted by Gasteiger charge is -2.27. The van der Waals surface area contributed by atoms with Crippen molar-refractivity contribution in [1.82, 2.24) is 9.78 Å². The summed E-state index contributed by atoms with van der Waals surface area (Å²) < 4.78 is 7.73. The van der Waals surface area contributed by atoms with Gasteiger partial charge in [-0.05, 0) is 19.1 Å². The third-order valence-corrected chi connectivity index (χ3v) is 4.96. The van der Waals surface area contributed by atoms with Gasteiger partial charge < -0.3 is 15.0 Å². The highest BCUT2D eigenvalue weighted by molar-refractivity contribution is 7.73. The van der Waals surface area contributed by atoms with Crippen LogP contribution in [-0.2, 0) is 16.2 Å². The number of carbonyl (C=O) groups is 1. The van der Waals surface area contributed by atoms with Crippen LogP contribution in [0, 0.1) is 9.87 Å². The Balaban J connectivity index is 1.85. The number of nitrogens with zero attached hydrogens (tertiary/aromatic N) is 2. The number of aromatic nitrogens is 2. The Morgan fingerprint density at radius 1 is 1.64 bits per heavy atom. The van der Waals surface area contributed by atoms with Gasteiger partial charge in [0.2, 0.25) is 5.13 Å². The molecule has 6 nitrogen and oxygen atoms in total. The molecule has 2 rings (SSSR count). The van der Waals surface area contributed by atoms with Gasteiger partial charge in [-0.25, -0.2) is 0 Å². The van der Waals surface area contributed by atoms with Crippen molar-refractivity contribution >= 4 is 34.7 Å². The van der Waals surface area contributed by atoms with Crippen LogP contribution in [0.3, 0.4) is 0 Å². The van der Waals surface area contributed by atoms with Gasteiger partial charge in [0, 0.05) is 19.4 Å². The summed E-state index contributed by atoms with van der Waals surface area (Å²) >= 11 is 6.83. The number of esters is 1. The predicted octanol–water partition coefficient (Wildman–Crippen LogP) is 1.09. The normalized spacial score (nSPS) is 21.3. The standard InChI is InChI=1S/C14H22N4O2S2/c1-3-7-15-13-16-18(14(21)22-13)10-17-8-5-11(6-9-17)12(19)20-4-2/h3,11H,1,4-10H2,2H3,(H,15,16)/p+1. The molecule has 0 radical (unpaired) electrons. The maximum atomic E-state index is 11.7. The Kier molecular flexibility index (Phi) is 6.53. The highest BCUT2D eigenvalue weighted by Gasteiger charge is 2.28. The first kappa shape index (κ1) is 17.1. The number of carbonyl (C=O) groups excluding carboxylic acids is 1. The molecular weight excluding hydrogens is 320 g/mol. The van der Waals surface area contributed by atoms with Crippen LogP contribution < -0.4 is 10.2 Å². The summed E-state index contributed by atoms with van der Waals surface area (Å²) in [6.45, 7) is 9.30. The second kappa shape index (κ2) is 8.40. The maximum absolute atomic E-state index is 11.7. The van der Waals surface area contributed by atoms with Crippen molar-refractivity contribution in [3.8, 4) is 0 Å². The molecule has 1 fully saturated rings. The molecule has 0 aliphatic carbocycles. The van der Waals surface area contributed by atoms with Crippen LogP contribution in [0.4, 0.5) is 5.13 Å². The van der Waals surface area contributed by atoms with Crippen molar-refractivity contribution in [2.24, 2.45) is 5.92 Å². The van der Waals surface area contributed by atoms with Crippen molar-refractivity contribution in [2.75, 3.05) is 31.6 Å². The number of likely N-dealkylation sites (tertiary alicyclic amines) is 1. The first-order valence-electron chi connectivity index (χ1n) is 7.57. The molecule has 22 heavy (non-hydrogen) atoms. The molecule has 8 heteroatoms. The average molecular weight is 343 g/mol. The number of rotatable bonds is 7. The van der Waals surface area contributed by atoms with Crippen molar-refractivity contribution in [2.45, 2.75) is 26.4 Å². The van der Waals surface area contributed by atoms with E-state index in [0.29, 0.717) is 13.2 Å². The van der Waals surface area contributed by atoms with Crippen molar-refractivity contribution < 1.29 is 14.4 Å². The van der Waals surface area contributed by atoms with Gasteiger partial charge in [0.1, 0.15) is 0 Å². The number of piperidine rings is 1. The van der Waals surface area contributed by atoms with Crippen LogP contribution in [0.2, 0.25) is 0 Å². The van der Waals surface area contributed by atoms with Gasteiger partial charge in [-0.15, -0.1) is 11.7 Å². The van der Waals surface area contributed by atoms with Gasteiger partial charge in [0.25, 0.3) is 0 Å². The minimum atomic E-state index is -0.0530. The van der Waals surface area contributed by atoms with E-state index in [9.17, 15) is 4.79 Å². The van der Waals surface area contributed by atoms with Gasteiger partial charge in [0.15, 0.2) is 10.6 Å². The average Bonchev–Trinajstić information content (AvgIpc) is 2.86. The van der Waals surface area contributed by atoms with Gasteiger partial charge in [-0.3, -0.25) is 4.79 Å². The van der Waals surface area contributed by atoms with Crippen LogP contribution in [0.15, 0.2) is 12.7 Å². The van der Waals surface area contributed by atoms with Crippen molar-refractivity contribution in [3.63, 3.8) is 0 Å². The number of quaternary nitrogens is 1. The minimum absolute atomic E-state index is 0.0527. The van der Waals surface area contributed by atoms with Gasteiger partial charge >= 0.3 is 5.97 Å². The lowest BCUT2D eigenvalue weighted by Crippen LogP contribution is -3.12. The molecule has 0 saturated carbocycles. The van der Waals surface area contributed by atoms with Crippen LogP contribution in [0.5, 0.6) is 0 Å². The zero-order valence-corrected chi connectivity index (χ0v) is 14.5. The molecule has 1 aliphatic heterocycles. The molecule has 2 heterocycles. The summed E-state index contributed by atoms with van der Waals surface area (Å²) in [5.74, 6) is -0.000319. The predicted molar refractivity (Wildman–Crippen MR) is 89.7 cm³/mol. The van der Waals surface area contributed by atoms with Crippen LogP contribution in [-0.4, -0.2) is 42.0 Å². The Labute approximate surface area is 139 Å². The molecule has 122 valence electrons. The van der Waals surface area contributed by atoms with Crippen LogP contribution in [0.1, 0.15) is 19.8 Å².